The molecule has 2 aliphatic rings. The van der Waals surface area contributed by atoms with Gasteiger partial charge in [0.25, 0.3) is 0 Å². The van der Waals surface area contributed by atoms with Crippen molar-refractivity contribution >= 4 is 22.8 Å². The van der Waals surface area contributed by atoms with Gasteiger partial charge in [-0.3, -0.25) is 4.99 Å². The Labute approximate surface area is 300 Å². The van der Waals surface area contributed by atoms with Gasteiger partial charge in [0, 0.05) is 29.2 Å². The highest BCUT2D eigenvalue weighted by Crippen LogP contribution is 2.56. The minimum atomic E-state index is -0.436. The van der Waals surface area contributed by atoms with Crippen LogP contribution >= 0.6 is 0 Å². The van der Waals surface area contributed by atoms with Gasteiger partial charge in [-0.15, -0.1) is 0 Å². The van der Waals surface area contributed by atoms with Crippen molar-refractivity contribution in [2.45, 2.75) is 18.3 Å². The molecule has 0 unspecified atom stereocenters. The minimum absolute atomic E-state index is 0.436. The van der Waals surface area contributed by atoms with Crippen LogP contribution in [0, 0.1) is 0 Å². The van der Waals surface area contributed by atoms with E-state index in [9.17, 15) is 0 Å². The van der Waals surface area contributed by atoms with Gasteiger partial charge in [-0.1, -0.05) is 152 Å². The monoisotopic (exact) mass is 654 g/mol. The van der Waals surface area contributed by atoms with E-state index in [1.165, 1.54) is 44.5 Å². The topological polar surface area (TPSA) is 15.6 Å². The number of hydrogen-bond donors (Lipinski definition) is 0. The lowest BCUT2D eigenvalue weighted by Gasteiger charge is -2.34. The highest BCUT2D eigenvalue weighted by atomic mass is 15.1. The van der Waals surface area contributed by atoms with Gasteiger partial charge in [0.05, 0.1) is 11.1 Å². The molecule has 0 atom stereocenters. The van der Waals surface area contributed by atoms with Crippen molar-refractivity contribution in [3.05, 3.63) is 222 Å². The van der Waals surface area contributed by atoms with Gasteiger partial charge in [0.2, 0.25) is 0 Å². The van der Waals surface area contributed by atoms with Gasteiger partial charge in [-0.25, -0.2) is 0 Å². The molecule has 51 heavy (non-hydrogen) atoms. The molecule has 0 amide bonds. The van der Waals surface area contributed by atoms with Gasteiger partial charge in [-0.05, 0) is 99.8 Å². The molecule has 0 saturated carbocycles. The van der Waals surface area contributed by atoms with Crippen LogP contribution in [0.4, 0.5) is 17.1 Å². The van der Waals surface area contributed by atoms with E-state index >= 15 is 0 Å². The van der Waals surface area contributed by atoms with E-state index in [2.05, 4.69) is 199 Å². The zero-order chi connectivity index (χ0) is 34.0. The van der Waals surface area contributed by atoms with E-state index < -0.39 is 5.41 Å². The van der Waals surface area contributed by atoms with Crippen LogP contribution in [0.25, 0.3) is 22.3 Å². The Balaban J connectivity index is 1.22. The largest absolute Gasteiger partial charge is 0.310 e. The number of allylic oxidation sites excluding steroid dienone is 2. The third-order valence-electron chi connectivity index (χ3n) is 10.4. The maximum absolute atomic E-state index is 4.93. The molecule has 1 heterocycles. The van der Waals surface area contributed by atoms with Gasteiger partial charge in [0.15, 0.2) is 0 Å². The molecule has 9 rings (SSSR count). The molecule has 1 aliphatic heterocycles. The van der Waals surface area contributed by atoms with Crippen molar-refractivity contribution in [1.29, 1.82) is 0 Å². The fourth-order valence-corrected chi connectivity index (χ4v) is 8.12. The number of fused-ring (bicyclic) bond motifs is 3. The van der Waals surface area contributed by atoms with Crippen molar-refractivity contribution in [1.82, 2.24) is 0 Å². The molecule has 0 saturated heterocycles. The molecular weight excluding hydrogens is 617 g/mol. The summed E-state index contributed by atoms with van der Waals surface area (Å²) >= 11 is 0. The average molecular weight is 655 g/mol. The standard InChI is InChI=1S/C49H38N2/c1-4-16-36(17-5-1)37-18-14-22-42(34-37)51(43-23-15-19-38(35-43)48-28-8-3-13-33-50-48)41-31-29-40(30-32-41)49(39-20-6-2-7-21-39)46-26-11-9-24-44(46)45-25-10-12-27-47(45)49/h1-2,4-12,14-32,34-35H,3,13,33H2. The summed E-state index contributed by atoms with van der Waals surface area (Å²) in [5, 5.41) is 0. The normalized spacial score (nSPS) is 14.2. The first-order valence-electron chi connectivity index (χ1n) is 17.9. The van der Waals surface area contributed by atoms with Crippen LogP contribution in [-0.4, -0.2) is 12.3 Å². The molecule has 0 N–H and O–H groups in total. The lowest BCUT2D eigenvalue weighted by atomic mass is 9.68. The first-order valence-corrected chi connectivity index (χ1v) is 17.9. The maximum atomic E-state index is 4.93. The molecule has 2 heteroatoms. The van der Waals surface area contributed by atoms with Crippen molar-refractivity contribution < 1.29 is 0 Å². The van der Waals surface area contributed by atoms with Gasteiger partial charge < -0.3 is 4.90 Å². The summed E-state index contributed by atoms with van der Waals surface area (Å²) in [5.74, 6) is 0. The van der Waals surface area contributed by atoms with Crippen LogP contribution in [0.2, 0.25) is 0 Å². The Morgan fingerprint density at radius 1 is 0.451 bits per heavy atom. The maximum Gasteiger partial charge on any atom is 0.0713 e. The quantitative estimate of drug-likeness (QED) is 0.167. The second kappa shape index (κ2) is 13.2. The molecule has 2 nitrogen and oxygen atoms in total. The predicted octanol–water partition coefficient (Wildman–Crippen LogP) is 12.3. The highest BCUT2D eigenvalue weighted by Gasteiger charge is 2.45. The van der Waals surface area contributed by atoms with E-state index in [1.807, 2.05) is 0 Å². The number of aliphatic imine (C=N–C) groups is 1. The van der Waals surface area contributed by atoms with Crippen LogP contribution in [0.15, 0.2) is 199 Å². The molecule has 0 spiro atoms. The molecule has 0 fully saturated rings. The third-order valence-corrected chi connectivity index (χ3v) is 10.4. The molecule has 0 radical (unpaired) electrons. The Bertz CT molecular complexity index is 2340. The lowest BCUT2D eigenvalue weighted by Crippen LogP contribution is -2.28. The average Bonchev–Trinajstić information content (AvgIpc) is 3.31. The smallest absolute Gasteiger partial charge is 0.0713 e. The van der Waals surface area contributed by atoms with E-state index in [4.69, 9.17) is 4.99 Å². The van der Waals surface area contributed by atoms with Crippen molar-refractivity contribution in [2.24, 2.45) is 4.99 Å². The Morgan fingerprint density at radius 2 is 1.00 bits per heavy atom. The second-order valence-corrected chi connectivity index (χ2v) is 13.4. The number of rotatable bonds is 7. The summed E-state index contributed by atoms with van der Waals surface area (Å²) in [5.41, 5.74) is 15.2. The Hall–Kier alpha value is -6.25. The zero-order valence-electron chi connectivity index (χ0n) is 28.5. The van der Waals surface area contributed by atoms with Gasteiger partial charge in [-0.2, -0.15) is 0 Å². The molecule has 7 aromatic carbocycles. The first kappa shape index (κ1) is 30.8. The van der Waals surface area contributed by atoms with E-state index in [0.717, 1.165) is 47.7 Å². The molecule has 0 bridgehead atoms. The van der Waals surface area contributed by atoms with Crippen molar-refractivity contribution in [3.63, 3.8) is 0 Å². The zero-order valence-corrected chi connectivity index (χ0v) is 28.5. The highest BCUT2D eigenvalue weighted by molar-refractivity contribution is 6.09. The van der Waals surface area contributed by atoms with Crippen LogP contribution < -0.4 is 4.90 Å². The van der Waals surface area contributed by atoms with E-state index in [-0.39, 0.29) is 0 Å². The fourth-order valence-electron chi connectivity index (χ4n) is 8.12. The Morgan fingerprint density at radius 3 is 1.69 bits per heavy atom. The van der Waals surface area contributed by atoms with E-state index in [1.54, 1.807) is 0 Å². The van der Waals surface area contributed by atoms with Crippen LogP contribution in [0.5, 0.6) is 0 Å². The SMILES string of the molecule is C1=CC(c2cccc(N(c3ccc(C4(c5ccccc5)c5ccccc5-c5ccccc54)cc3)c3cccc(-c4ccccc4)c3)c2)=NCCC1. The summed E-state index contributed by atoms with van der Waals surface area (Å²) in [7, 11) is 0. The number of benzene rings is 7. The summed E-state index contributed by atoms with van der Waals surface area (Å²) < 4.78 is 0. The van der Waals surface area contributed by atoms with Crippen LogP contribution in [0.1, 0.15) is 40.7 Å². The number of anilines is 3. The van der Waals surface area contributed by atoms with Gasteiger partial charge in [0.1, 0.15) is 0 Å². The minimum Gasteiger partial charge on any atom is -0.310 e. The molecule has 244 valence electrons. The van der Waals surface area contributed by atoms with Crippen LogP contribution in [0.3, 0.4) is 0 Å². The van der Waals surface area contributed by atoms with Crippen LogP contribution in [-0.2, 0) is 5.41 Å². The predicted molar refractivity (Wildman–Crippen MR) is 214 cm³/mol. The number of hydrogen-bond acceptors (Lipinski definition) is 2. The summed E-state index contributed by atoms with van der Waals surface area (Å²) in [6.07, 6.45) is 6.59. The Kier molecular flexibility index (Phi) is 7.98. The molecule has 0 aromatic heterocycles. The molecular formula is C49H38N2. The van der Waals surface area contributed by atoms with E-state index in [0.29, 0.717) is 0 Å². The molecule has 7 aromatic rings. The third kappa shape index (κ3) is 5.41. The van der Waals surface area contributed by atoms with Crippen molar-refractivity contribution in [2.75, 3.05) is 11.4 Å². The first-order chi connectivity index (χ1) is 25.3. The summed E-state index contributed by atoms with van der Waals surface area (Å²) in [4.78, 5) is 7.31. The van der Waals surface area contributed by atoms with Crippen molar-refractivity contribution in [3.8, 4) is 22.3 Å². The number of nitrogens with zero attached hydrogens (tertiary/aromatic N) is 2. The summed E-state index contributed by atoms with van der Waals surface area (Å²) in [6, 6.07) is 66.5. The lowest BCUT2D eigenvalue weighted by molar-refractivity contribution is 0.768. The summed E-state index contributed by atoms with van der Waals surface area (Å²) in [6.45, 7) is 0.853. The van der Waals surface area contributed by atoms with Gasteiger partial charge >= 0.3 is 0 Å². The molecule has 1 aliphatic carbocycles. The second-order valence-electron chi connectivity index (χ2n) is 13.4. The fraction of sp³-hybridized carbons (Fsp3) is 0.0816.